The van der Waals surface area contributed by atoms with E-state index in [0.29, 0.717) is 16.8 Å². The minimum absolute atomic E-state index is 0.254. The normalized spacial score (nSPS) is 10.2. The highest BCUT2D eigenvalue weighted by atomic mass is 79.9. The fourth-order valence-electron chi connectivity index (χ4n) is 1.66. The lowest BCUT2D eigenvalue weighted by atomic mass is 10.2. The SMILES string of the molecule is COCc1ccccc1NC(=O)c1ncccc1Br. The van der Waals surface area contributed by atoms with Gasteiger partial charge in [0, 0.05) is 29.0 Å². The van der Waals surface area contributed by atoms with E-state index in [1.807, 2.05) is 24.3 Å². The molecule has 1 aromatic carbocycles. The number of anilines is 1. The van der Waals surface area contributed by atoms with Crippen molar-refractivity contribution in [1.82, 2.24) is 4.98 Å². The van der Waals surface area contributed by atoms with E-state index in [0.717, 1.165) is 11.3 Å². The molecule has 2 aromatic rings. The maximum absolute atomic E-state index is 12.1. The number of ether oxygens (including phenoxy) is 1. The third kappa shape index (κ3) is 3.39. The zero-order valence-electron chi connectivity index (χ0n) is 10.4. The number of nitrogens with one attached hydrogen (secondary N) is 1. The summed E-state index contributed by atoms with van der Waals surface area (Å²) in [4.78, 5) is 16.2. The Balaban J connectivity index is 2.22. The molecule has 0 atom stereocenters. The zero-order valence-corrected chi connectivity index (χ0v) is 12.0. The van der Waals surface area contributed by atoms with Crippen molar-refractivity contribution in [3.8, 4) is 0 Å². The summed E-state index contributed by atoms with van der Waals surface area (Å²) >= 11 is 3.31. The highest BCUT2D eigenvalue weighted by Crippen LogP contribution is 2.19. The van der Waals surface area contributed by atoms with Crippen LogP contribution in [-0.4, -0.2) is 18.0 Å². The topological polar surface area (TPSA) is 51.2 Å². The van der Waals surface area contributed by atoms with Crippen LogP contribution in [0, 0.1) is 0 Å². The third-order valence-electron chi connectivity index (χ3n) is 2.54. The summed E-state index contributed by atoms with van der Waals surface area (Å²) in [7, 11) is 1.62. The highest BCUT2D eigenvalue weighted by Gasteiger charge is 2.12. The molecule has 1 N–H and O–H groups in total. The second-order valence-electron chi connectivity index (χ2n) is 3.88. The predicted molar refractivity (Wildman–Crippen MR) is 77.0 cm³/mol. The Hall–Kier alpha value is -1.72. The van der Waals surface area contributed by atoms with E-state index in [2.05, 4.69) is 26.2 Å². The van der Waals surface area contributed by atoms with Crippen molar-refractivity contribution < 1.29 is 9.53 Å². The molecule has 19 heavy (non-hydrogen) atoms. The number of benzene rings is 1. The summed E-state index contributed by atoms with van der Waals surface area (Å²) in [5, 5.41) is 2.84. The summed E-state index contributed by atoms with van der Waals surface area (Å²) < 4.78 is 5.77. The van der Waals surface area contributed by atoms with Crippen LogP contribution < -0.4 is 5.32 Å². The minimum Gasteiger partial charge on any atom is -0.380 e. The minimum atomic E-state index is -0.254. The molecule has 0 saturated heterocycles. The second-order valence-corrected chi connectivity index (χ2v) is 4.73. The maximum atomic E-state index is 12.1. The number of halogens is 1. The van der Waals surface area contributed by atoms with Crippen molar-refractivity contribution in [3.63, 3.8) is 0 Å². The quantitative estimate of drug-likeness (QED) is 0.940. The van der Waals surface area contributed by atoms with E-state index in [9.17, 15) is 4.79 Å². The largest absolute Gasteiger partial charge is 0.380 e. The third-order valence-corrected chi connectivity index (χ3v) is 3.18. The van der Waals surface area contributed by atoms with Crippen LogP contribution in [0.4, 0.5) is 5.69 Å². The van der Waals surface area contributed by atoms with Gasteiger partial charge in [-0.1, -0.05) is 18.2 Å². The summed E-state index contributed by atoms with van der Waals surface area (Å²) in [6, 6.07) is 11.1. The van der Waals surface area contributed by atoms with Gasteiger partial charge in [0.25, 0.3) is 5.91 Å². The highest BCUT2D eigenvalue weighted by molar-refractivity contribution is 9.10. The summed E-state index contributed by atoms with van der Waals surface area (Å²) in [6.45, 7) is 0.444. The molecule has 0 aliphatic heterocycles. The van der Waals surface area contributed by atoms with E-state index < -0.39 is 0 Å². The number of hydrogen-bond acceptors (Lipinski definition) is 3. The Morgan fingerprint density at radius 1 is 1.32 bits per heavy atom. The first-order valence-corrected chi connectivity index (χ1v) is 6.50. The van der Waals surface area contributed by atoms with Gasteiger partial charge in [-0.3, -0.25) is 4.79 Å². The van der Waals surface area contributed by atoms with Crippen molar-refractivity contribution in [2.45, 2.75) is 6.61 Å². The smallest absolute Gasteiger partial charge is 0.275 e. The molecule has 5 heteroatoms. The van der Waals surface area contributed by atoms with Crippen LogP contribution >= 0.6 is 15.9 Å². The molecule has 1 amide bonds. The average Bonchev–Trinajstić information content (AvgIpc) is 2.41. The van der Waals surface area contributed by atoms with Crippen LogP contribution in [-0.2, 0) is 11.3 Å². The van der Waals surface area contributed by atoms with Gasteiger partial charge in [-0.2, -0.15) is 0 Å². The Bertz CT molecular complexity index is 587. The Kier molecular flexibility index (Phi) is 4.65. The molecular formula is C14H13BrN2O2. The molecule has 0 unspecified atom stereocenters. The maximum Gasteiger partial charge on any atom is 0.275 e. The fraction of sp³-hybridized carbons (Fsp3) is 0.143. The second kappa shape index (κ2) is 6.45. The molecule has 98 valence electrons. The Labute approximate surface area is 119 Å². The summed E-state index contributed by atoms with van der Waals surface area (Å²) in [5.74, 6) is -0.254. The zero-order chi connectivity index (χ0) is 13.7. The van der Waals surface area contributed by atoms with Crippen LogP contribution in [0.2, 0.25) is 0 Å². The Morgan fingerprint density at radius 3 is 2.84 bits per heavy atom. The lowest BCUT2D eigenvalue weighted by molar-refractivity contribution is 0.102. The lowest BCUT2D eigenvalue weighted by Gasteiger charge is -2.10. The number of amides is 1. The van der Waals surface area contributed by atoms with Crippen molar-refractivity contribution in [2.24, 2.45) is 0 Å². The number of nitrogens with zero attached hydrogens (tertiary/aromatic N) is 1. The van der Waals surface area contributed by atoms with Crippen molar-refractivity contribution in [3.05, 3.63) is 58.3 Å². The van der Waals surface area contributed by atoms with Gasteiger partial charge >= 0.3 is 0 Å². The first kappa shape index (κ1) is 13.7. The number of methoxy groups -OCH3 is 1. The van der Waals surface area contributed by atoms with Gasteiger partial charge in [0.2, 0.25) is 0 Å². The Morgan fingerprint density at radius 2 is 2.11 bits per heavy atom. The van der Waals surface area contributed by atoms with Gasteiger partial charge in [0.15, 0.2) is 0 Å². The van der Waals surface area contributed by atoms with Gasteiger partial charge in [0.1, 0.15) is 5.69 Å². The molecule has 1 heterocycles. The van der Waals surface area contributed by atoms with Crippen molar-refractivity contribution >= 4 is 27.5 Å². The van der Waals surface area contributed by atoms with Gasteiger partial charge in [-0.25, -0.2) is 4.98 Å². The average molecular weight is 321 g/mol. The molecule has 0 spiro atoms. The van der Waals surface area contributed by atoms with E-state index in [4.69, 9.17) is 4.74 Å². The molecule has 4 nitrogen and oxygen atoms in total. The molecule has 0 bridgehead atoms. The number of pyridine rings is 1. The molecule has 0 aliphatic rings. The number of para-hydroxylation sites is 1. The first-order chi connectivity index (χ1) is 9.22. The molecular weight excluding hydrogens is 308 g/mol. The number of hydrogen-bond donors (Lipinski definition) is 1. The molecule has 0 radical (unpaired) electrons. The van der Waals surface area contributed by atoms with Crippen molar-refractivity contribution in [2.75, 3.05) is 12.4 Å². The van der Waals surface area contributed by atoms with E-state index in [-0.39, 0.29) is 5.91 Å². The summed E-state index contributed by atoms with van der Waals surface area (Å²) in [6.07, 6.45) is 1.58. The van der Waals surface area contributed by atoms with Crippen LogP contribution in [0.1, 0.15) is 16.1 Å². The molecule has 0 saturated carbocycles. The molecule has 2 rings (SSSR count). The standard InChI is InChI=1S/C14H13BrN2O2/c1-19-9-10-5-2-3-7-12(10)17-14(18)13-11(15)6-4-8-16-13/h2-8H,9H2,1H3,(H,17,18). The van der Waals surface area contributed by atoms with Gasteiger partial charge in [-0.15, -0.1) is 0 Å². The van der Waals surface area contributed by atoms with E-state index in [1.54, 1.807) is 25.4 Å². The fourth-order valence-corrected chi connectivity index (χ4v) is 2.09. The monoisotopic (exact) mass is 320 g/mol. The molecule has 0 fully saturated rings. The number of carbonyl (C=O) groups excluding carboxylic acids is 1. The van der Waals surface area contributed by atoms with Crippen molar-refractivity contribution in [1.29, 1.82) is 0 Å². The predicted octanol–water partition coefficient (Wildman–Crippen LogP) is 3.24. The van der Waals surface area contributed by atoms with Gasteiger partial charge < -0.3 is 10.1 Å². The van der Waals surface area contributed by atoms with Gasteiger partial charge in [-0.05, 0) is 34.1 Å². The number of rotatable bonds is 4. The molecule has 0 aliphatic carbocycles. The van der Waals surface area contributed by atoms with Crippen LogP contribution in [0.3, 0.4) is 0 Å². The lowest BCUT2D eigenvalue weighted by Crippen LogP contribution is -2.15. The van der Waals surface area contributed by atoms with Gasteiger partial charge in [0.05, 0.1) is 6.61 Å². The van der Waals surface area contributed by atoms with E-state index in [1.165, 1.54) is 0 Å². The van der Waals surface area contributed by atoms with Crippen LogP contribution in [0.15, 0.2) is 47.1 Å². The van der Waals surface area contributed by atoms with Crippen LogP contribution in [0.5, 0.6) is 0 Å². The number of aromatic nitrogens is 1. The van der Waals surface area contributed by atoms with E-state index >= 15 is 0 Å². The first-order valence-electron chi connectivity index (χ1n) is 5.71. The summed E-state index contributed by atoms with van der Waals surface area (Å²) in [5.41, 5.74) is 2.01. The number of carbonyl (C=O) groups is 1. The molecule has 1 aromatic heterocycles. The van der Waals surface area contributed by atoms with Crippen LogP contribution in [0.25, 0.3) is 0 Å².